The van der Waals surface area contributed by atoms with Crippen molar-refractivity contribution >= 4 is 40.1 Å². The molecule has 0 spiro atoms. The monoisotopic (exact) mass is 300 g/mol. The first-order chi connectivity index (χ1) is 9.10. The molecule has 1 N–H and O–H groups in total. The lowest BCUT2D eigenvalue weighted by atomic mass is 10.2. The number of hydrogen-bond acceptors (Lipinski definition) is 6. The van der Waals surface area contributed by atoms with Gasteiger partial charge in [-0.1, -0.05) is 23.4 Å². The van der Waals surface area contributed by atoms with Crippen LogP contribution in [0.3, 0.4) is 0 Å². The van der Waals surface area contributed by atoms with Gasteiger partial charge in [-0.05, 0) is 13.2 Å². The number of thioether (sulfide) groups is 1. The first kappa shape index (κ1) is 12.7. The maximum atomic E-state index is 14.1. The third-order valence-corrected chi connectivity index (χ3v) is 3.52. The third-order valence-electron chi connectivity index (χ3n) is 2.73. The fraction of sp³-hybridized carbons (Fsp3) is 0.364. The SMILES string of the molecule is CSc1nc2c3c(nc(Cl)c(F)c3n1)OC[C@H](C)N2. The average Bonchev–Trinajstić information content (AvgIpc) is 2.55. The summed E-state index contributed by atoms with van der Waals surface area (Å²) in [5, 5.41) is 3.83. The van der Waals surface area contributed by atoms with Gasteiger partial charge in [0.15, 0.2) is 16.1 Å². The van der Waals surface area contributed by atoms with Gasteiger partial charge in [0, 0.05) is 0 Å². The molecule has 0 amide bonds. The summed E-state index contributed by atoms with van der Waals surface area (Å²) in [4.78, 5) is 12.4. The van der Waals surface area contributed by atoms with Crippen LogP contribution in [0.4, 0.5) is 10.2 Å². The van der Waals surface area contributed by atoms with E-state index in [1.807, 2.05) is 13.2 Å². The molecule has 100 valence electrons. The van der Waals surface area contributed by atoms with E-state index < -0.39 is 5.82 Å². The van der Waals surface area contributed by atoms with Gasteiger partial charge >= 0.3 is 0 Å². The normalized spacial score (nSPS) is 17.8. The zero-order valence-corrected chi connectivity index (χ0v) is 11.8. The molecule has 0 saturated heterocycles. The summed E-state index contributed by atoms with van der Waals surface area (Å²) in [7, 11) is 0. The van der Waals surface area contributed by atoms with Gasteiger partial charge < -0.3 is 10.1 Å². The lowest BCUT2D eigenvalue weighted by Crippen LogP contribution is -2.22. The van der Waals surface area contributed by atoms with Crippen LogP contribution in [0.1, 0.15) is 6.92 Å². The summed E-state index contributed by atoms with van der Waals surface area (Å²) in [5.41, 5.74) is 0.131. The van der Waals surface area contributed by atoms with E-state index in [1.165, 1.54) is 11.8 Å². The molecule has 5 nitrogen and oxygen atoms in total. The molecule has 3 rings (SSSR count). The molecule has 0 saturated carbocycles. The van der Waals surface area contributed by atoms with Gasteiger partial charge in [-0.2, -0.15) is 4.98 Å². The zero-order chi connectivity index (χ0) is 13.6. The molecule has 2 aromatic heterocycles. The number of aromatic nitrogens is 3. The van der Waals surface area contributed by atoms with Crippen molar-refractivity contribution in [2.45, 2.75) is 18.1 Å². The number of pyridine rings is 1. The Labute approximate surface area is 117 Å². The van der Waals surface area contributed by atoms with E-state index >= 15 is 0 Å². The van der Waals surface area contributed by atoms with Crippen LogP contribution in [0.25, 0.3) is 10.9 Å². The largest absolute Gasteiger partial charge is 0.475 e. The summed E-state index contributed by atoms with van der Waals surface area (Å²) in [6.07, 6.45) is 1.83. The molecule has 1 atom stereocenters. The number of ether oxygens (including phenoxy) is 1. The van der Waals surface area contributed by atoms with Crippen molar-refractivity contribution in [3.05, 3.63) is 11.0 Å². The molecule has 8 heteroatoms. The summed E-state index contributed by atoms with van der Waals surface area (Å²) < 4.78 is 19.6. The highest BCUT2D eigenvalue weighted by atomic mass is 35.5. The van der Waals surface area contributed by atoms with Crippen molar-refractivity contribution in [2.75, 3.05) is 18.2 Å². The fourth-order valence-corrected chi connectivity index (χ4v) is 2.40. The van der Waals surface area contributed by atoms with Crippen molar-refractivity contribution < 1.29 is 9.13 Å². The minimum Gasteiger partial charge on any atom is -0.475 e. The number of halogens is 2. The Kier molecular flexibility index (Phi) is 3.10. The van der Waals surface area contributed by atoms with Crippen molar-refractivity contribution in [3.63, 3.8) is 0 Å². The molecule has 0 aliphatic carbocycles. The molecular weight excluding hydrogens is 291 g/mol. The maximum absolute atomic E-state index is 14.1. The average molecular weight is 301 g/mol. The van der Waals surface area contributed by atoms with Gasteiger partial charge in [-0.3, -0.25) is 0 Å². The van der Waals surface area contributed by atoms with Gasteiger partial charge in [0.05, 0.1) is 6.04 Å². The second kappa shape index (κ2) is 4.64. The highest BCUT2D eigenvalue weighted by Crippen LogP contribution is 2.36. The summed E-state index contributed by atoms with van der Waals surface area (Å²) in [5.74, 6) is 0.137. The van der Waals surface area contributed by atoms with Crippen molar-refractivity contribution in [3.8, 4) is 5.88 Å². The Bertz CT molecular complexity index is 669. The van der Waals surface area contributed by atoms with E-state index in [4.69, 9.17) is 16.3 Å². The predicted molar refractivity (Wildman–Crippen MR) is 72.7 cm³/mol. The lowest BCUT2D eigenvalue weighted by molar-refractivity contribution is 0.299. The van der Waals surface area contributed by atoms with Crippen LogP contribution >= 0.6 is 23.4 Å². The quantitative estimate of drug-likeness (QED) is 0.496. The van der Waals surface area contributed by atoms with Crippen LogP contribution in [0, 0.1) is 5.82 Å². The maximum Gasteiger partial charge on any atom is 0.228 e. The van der Waals surface area contributed by atoms with Crippen molar-refractivity contribution in [2.24, 2.45) is 0 Å². The van der Waals surface area contributed by atoms with Crippen LogP contribution in [-0.2, 0) is 0 Å². The number of nitrogens with one attached hydrogen (secondary N) is 1. The van der Waals surface area contributed by atoms with Crippen LogP contribution in [0.15, 0.2) is 5.16 Å². The van der Waals surface area contributed by atoms with E-state index in [0.717, 1.165) is 0 Å². The van der Waals surface area contributed by atoms with E-state index in [9.17, 15) is 4.39 Å². The van der Waals surface area contributed by atoms with Gasteiger partial charge in [0.1, 0.15) is 23.3 Å². The molecule has 0 aromatic carbocycles. The lowest BCUT2D eigenvalue weighted by Gasteiger charge is -2.10. The summed E-state index contributed by atoms with van der Waals surface area (Å²) in [6.45, 7) is 2.34. The minimum absolute atomic E-state index is 0.0313. The molecule has 19 heavy (non-hydrogen) atoms. The number of nitrogens with zero attached hydrogens (tertiary/aromatic N) is 3. The van der Waals surface area contributed by atoms with E-state index in [0.29, 0.717) is 23.0 Å². The van der Waals surface area contributed by atoms with Gasteiger partial charge in [-0.15, -0.1) is 0 Å². The molecule has 0 bridgehead atoms. The van der Waals surface area contributed by atoms with Gasteiger partial charge in [0.25, 0.3) is 0 Å². The highest BCUT2D eigenvalue weighted by Gasteiger charge is 2.24. The van der Waals surface area contributed by atoms with Crippen LogP contribution in [-0.4, -0.2) is 33.9 Å². The van der Waals surface area contributed by atoms with Crippen LogP contribution < -0.4 is 10.1 Å². The molecule has 2 aromatic rings. The Morgan fingerprint density at radius 3 is 2.95 bits per heavy atom. The van der Waals surface area contributed by atoms with E-state index in [-0.39, 0.29) is 22.6 Å². The van der Waals surface area contributed by atoms with Gasteiger partial charge in [0.2, 0.25) is 5.88 Å². The second-order valence-electron chi connectivity index (χ2n) is 4.16. The number of hydrogen-bond donors (Lipinski definition) is 1. The first-order valence-corrected chi connectivity index (χ1v) is 7.20. The fourth-order valence-electron chi connectivity index (χ4n) is 1.87. The number of rotatable bonds is 1. The smallest absolute Gasteiger partial charge is 0.228 e. The standard InChI is InChI=1S/C11H10ClFN4OS/c1-4-3-18-10-5-7(6(13)8(12)16-10)15-11(19-2)17-9(5)14-4/h4H,3H2,1-2H3,(H,14,15,17)/t4-/m0/s1. The molecule has 3 heterocycles. The molecule has 1 aliphatic heterocycles. The van der Waals surface area contributed by atoms with Crippen LogP contribution in [0.5, 0.6) is 5.88 Å². The van der Waals surface area contributed by atoms with Crippen LogP contribution in [0.2, 0.25) is 5.15 Å². The Morgan fingerprint density at radius 2 is 2.21 bits per heavy atom. The van der Waals surface area contributed by atoms with Crippen molar-refractivity contribution in [1.82, 2.24) is 15.0 Å². The van der Waals surface area contributed by atoms with Crippen molar-refractivity contribution in [1.29, 1.82) is 0 Å². The summed E-state index contributed by atoms with van der Waals surface area (Å²) >= 11 is 7.11. The summed E-state index contributed by atoms with van der Waals surface area (Å²) in [6, 6.07) is 0.0313. The topological polar surface area (TPSA) is 59.9 Å². The highest BCUT2D eigenvalue weighted by molar-refractivity contribution is 7.98. The molecular formula is C11H10ClFN4OS. The Morgan fingerprint density at radius 1 is 1.42 bits per heavy atom. The first-order valence-electron chi connectivity index (χ1n) is 5.60. The number of anilines is 1. The Balaban J connectivity index is 2.40. The van der Waals surface area contributed by atoms with E-state index in [1.54, 1.807) is 0 Å². The molecule has 1 aliphatic rings. The molecule has 0 radical (unpaired) electrons. The molecule has 0 unspecified atom stereocenters. The zero-order valence-electron chi connectivity index (χ0n) is 10.2. The van der Waals surface area contributed by atoms with Gasteiger partial charge in [-0.25, -0.2) is 14.4 Å². The third kappa shape index (κ3) is 2.06. The molecule has 0 fully saturated rings. The second-order valence-corrected chi connectivity index (χ2v) is 5.29. The van der Waals surface area contributed by atoms with E-state index in [2.05, 4.69) is 20.3 Å². The predicted octanol–water partition coefficient (Wildman–Crippen LogP) is 2.73. The Hall–Kier alpha value is -1.34. The minimum atomic E-state index is -0.653.